The minimum atomic E-state index is -0.289. The van der Waals surface area contributed by atoms with Gasteiger partial charge in [0.25, 0.3) is 0 Å². The molecule has 0 amide bonds. The molecule has 0 N–H and O–H groups in total. The molecule has 0 aliphatic heterocycles. The highest BCUT2D eigenvalue weighted by atomic mass is 32.1. The molecule has 3 heteroatoms. The molecule has 1 aliphatic carbocycles. The molecule has 1 aliphatic rings. The molecule has 3 aromatic rings. The number of hydrogen-bond acceptors (Lipinski definition) is 3. The summed E-state index contributed by atoms with van der Waals surface area (Å²) >= 11 is 1.78. The van der Waals surface area contributed by atoms with E-state index in [9.17, 15) is 4.79 Å². The van der Waals surface area contributed by atoms with Crippen LogP contribution >= 0.6 is 11.3 Å². The molecule has 2 nitrogen and oxygen atoms in total. The molecule has 27 heavy (non-hydrogen) atoms. The summed E-state index contributed by atoms with van der Waals surface area (Å²) in [5.41, 5.74) is 5.26. The molecule has 140 valence electrons. The second-order valence-corrected chi connectivity index (χ2v) is 9.97. The SMILES string of the molecule is COC(=O)c1ccc2sc(-c3ccc4c(c3)C(C)(C)CCC4(C)C)cc2c1. The van der Waals surface area contributed by atoms with E-state index in [1.54, 1.807) is 11.3 Å². The van der Waals surface area contributed by atoms with Crippen molar-refractivity contribution in [3.05, 3.63) is 59.2 Å². The van der Waals surface area contributed by atoms with Crippen LogP contribution in [0.3, 0.4) is 0 Å². The summed E-state index contributed by atoms with van der Waals surface area (Å²) in [6.45, 7) is 9.43. The number of carbonyl (C=O) groups excluding carboxylic acids is 1. The first kappa shape index (κ1) is 18.2. The van der Waals surface area contributed by atoms with Crippen LogP contribution in [0.4, 0.5) is 0 Å². The third kappa shape index (κ3) is 3.08. The smallest absolute Gasteiger partial charge is 0.337 e. The Balaban J connectivity index is 1.81. The first-order chi connectivity index (χ1) is 12.7. The number of thiophene rings is 1. The van der Waals surface area contributed by atoms with E-state index in [1.807, 2.05) is 18.2 Å². The van der Waals surface area contributed by atoms with E-state index in [4.69, 9.17) is 4.74 Å². The molecule has 0 radical (unpaired) electrons. The van der Waals surface area contributed by atoms with Gasteiger partial charge in [-0.2, -0.15) is 0 Å². The fourth-order valence-corrected chi connectivity index (χ4v) is 5.21. The zero-order chi connectivity index (χ0) is 19.4. The first-order valence-electron chi connectivity index (χ1n) is 9.49. The van der Waals surface area contributed by atoms with Gasteiger partial charge in [0.15, 0.2) is 0 Å². The van der Waals surface area contributed by atoms with Crippen molar-refractivity contribution in [2.24, 2.45) is 0 Å². The monoisotopic (exact) mass is 378 g/mol. The Morgan fingerprint density at radius 2 is 1.63 bits per heavy atom. The van der Waals surface area contributed by atoms with Gasteiger partial charge < -0.3 is 4.74 Å². The van der Waals surface area contributed by atoms with Crippen LogP contribution in [-0.4, -0.2) is 13.1 Å². The lowest BCUT2D eigenvalue weighted by Gasteiger charge is -2.42. The van der Waals surface area contributed by atoms with Crippen LogP contribution in [0.2, 0.25) is 0 Å². The summed E-state index contributed by atoms with van der Waals surface area (Å²) < 4.78 is 6.04. The number of ether oxygens (including phenoxy) is 1. The first-order valence-corrected chi connectivity index (χ1v) is 10.3. The molecule has 0 fully saturated rings. The fourth-order valence-electron chi connectivity index (χ4n) is 4.17. The summed E-state index contributed by atoms with van der Waals surface area (Å²) in [4.78, 5) is 13.1. The van der Waals surface area contributed by atoms with E-state index >= 15 is 0 Å². The van der Waals surface area contributed by atoms with Crippen molar-refractivity contribution in [2.45, 2.75) is 51.4 Å². The van der Waals surface area contributed by atoms with Crippen LogP contribution < -0.4 is 0 Å². The highest BCUT2D eigenvalue weighted by molar-refractivity contribution is 7.22. The van der Waals surface area contributed by atoms with Gasteiger partial charge in [0.2, 0.25) is 0 Å². The van der Waals surface area contributed by atoms with Gasteiger partial charge in [0, 0.05) is 9.58 Å². The largest absolute Gasteiger partial charge is 0.465 e. The number of rotatable bonds is 2. The van der Waals surface area contributed by atoms with Crippen molar-refractivity contribution < 1.29 is 9.53 Å². The maximum atomic E-state index is 11.8. The van der Waals surface area contributed by atoms with Crippen molar-refractivity contribution >= 4 is 27.4 Å². The van der Waals surface area contributed by atoms with E-state index in [2.05, 4.69) is 52.0 Å². The third-order valence-corrected chi connectivity index (χ3v) is 7.24. The van der Waals surface area contributed by atoms with E-state index in [-0.39, 0.29) is 16.8 Å². The summed E-state index contributed by atoms with van der Waals surface area (Å²) in [5.74, 6) is -0.289. The number of fused-ring (bicyclic) bond motifs is 2. The number of carbonyl (C=O) groups is 1. The molecule has 0 bridgehead atoms. The molecule has 1 aromatic heterocycles. The average Bonchev–Trinajstić information content (AvgIpc) is 3.08. The van der Waals surface area contributed by atoms with Gasteiger partial charge in [-0.1, -0.05) is 39.8 Å². The van der Waals surface area contributed by atoms with E-state index in [1.165, 1.54) is 46.2 Å². The molecule has 4 rings (SSSR count). The van der Waals surface area contributed by atoms with Crippen LogP contribution in [0.1, 0.15) is 62.0 Å². The summed E-state index contributed by atoms with van der Waals surface area (Å²) in [6, 6.07) is 14.9. The number of methoxy groups -OCH3 is 1. The summed E-state index contributed by atoms with van der Waals surface area (Å²) in [7, 11) is 1.42. The van der Waals surface area contributed by atoms with Crippen LogP contribution in [0, 0.1) is 0 Å². The quantitative estimate of drug-likeness (QED) is 0.464. The average molecular weight is 379 g/mol. The Morgan fingerprint density at radius 3 is 2.33 bits per heavy atom. The minimum absolute atomic E-state index is 0.204. The van der Waals surface area contributed by atoms with E-state index in [0.29, 0.717) is 5.56 Å². The predicted molar refractivity (Wildman–Crippen MR) is 114 cm³/mol. The Bertz CT molecular complexity index is 1040. The van der Waals surface area contributed by atoms with Crippen molar-refractivity contribution in [1.82, 2.24) is 0 Å². The second kappa shape index (κ2) is 6.20. The lowest BCUT2D eigenvalue weighted by molar-refractivity contribution is 0.0601. The Labute approximate surface area is 165 Å². The van der Waals surface area contributed by atoms with Crippen LogP contribution in [0.5, 0.6) is 0 Å². The topological polar surface area (TPSA) is 26.3 Å². The normalized spacial score (nSPS) is 17.5. The lowest BCUT2D eigenvalue weighted by Crippen LogP contribution is -2.33. The van der Waals surface area contributed by atoms with Crippen LogP contribution in [0.25, 0.3) is 20.5 Å². The molecular weight excluding hydrogens is 352 g/mol. The van der Waals surface area contributed by atoms with Crippen LogP contribution in [-0.2, 0) is 15.6 Å². The molecule has 0 spiro atoms. The van der Waals surface area contributed by atoms with Gasteiger partial charge in [0.1, 0.15) is 0 Å². The van der Waals surface area contributed by atoms with Gasteiger partial charge in [-0.25, -0.2) is 4.79 Å². The highest BCUT2D eigenvalue weighted by Gasteiger charge is 2.37. The predicted octanol–water partition coefficient (Wildman–Crippen LogP) is 6.70. The van der Waals surface area contributed by atoms with E-state index < -0.39 is 0 Å². The molecular formula is C24H26O2S. The second-order valence-electron chi connectivity index (χ2n) is 8.88. The molecule has 2 aromatic carbocycles. The lowest BCUT2D eigenvalue weighted by atomic mass is 9.63. The number of esters is 1. The van der Waals surface area contributed by atoms with Crippen LogP contribution in [0.15, 0.2) is 42.5 Å². The molecule has 0 saturated heterocycles. The molecule has 1 heterocycles. The van der Waals surface area contributed by atoms with Gasteiger partial charge >= 0.3 is 5.97 Å². The van der Waals surface area contributed by atoms with Crippen molar-refractivity contribution in [2.75, 3.05) is 7.11 Å². The van der Waals surface area contributed by atoms with Gasteiger partial charge in [0.05, 0.1) is 12.7 Å². The van der Waals surface area contributed by atoms with Gasteiger partial charge in [-0.15, -0.1) is 11.3 Å². The standard InChI is InChI=1S/C24H26O2S/c1-23(2)10-11-24(3,4)19-13-15(6-8-18(19)23)21-14-17-12-16(22(25)26-5)7-9-20(17)27-21/h6-9,12-14H,10-11H2,1-5H3. The van der Waals surface area contributed by atoms with Gasteiger partial charge in [-0.05, 0) is 76.1 Å². The van der Waals surface area contributed by atoms with Crippen molar-refractivity contribution in [1.29, 1.82) is 0 Å². The maximum absolute atomic E-state index is 11.8. The maximum Gasteiger partial charge on any atom is 0.337 e. The van der Waals surface area contributed by atoms with Crippen molar-refractivity contribution in [3.8, 4) is 10.4 Å². The Kier molecular flexibility index (Phi) is 4.19. The van der Waals surface area contributed by atoms with E-state index in [0.717, 1.165) is 5.39 Å². The zero-order valence-corrected chi connectivity index (χ0v) is 17.5. The molecule has 0 saturated carbocycles. The summed E-state index contributed by atoms with van der Waals surface area (Å²) in [5, 5.41) is 1.09. The summed E-state index contributed by atoms with van der Waals surface area (Å²) in [6.07, 6.45) is 2.44. The molecule has 0 unspecified atom stereocenters. The van der Waals surface area contributed by atoms with Gasteiger partial charge in [-0.3, -0.25) is 0 Å². The number of hydrogen-bond donors (Lipinski definition) is 0. The Morgan fingerprint density at radius 1 is 0.926 bits per heavy atom. The Hall–Kier alpha value is -2.13. The third-order valence-electron chi connectivity index (χ3n) is 6.07. The zero-order valence-electron chi connectivity index (χ0n) is 16.7. The fraction of sp³-hybridized carbons (Fsp3) is 0.375. The van der Waals surface area contributed by atoms with Crippen molar-refractivity contribution in [3.63, 3.8) is 0 Å². The number of benzene rings is 2. The minimum Gasteiger partial charge on any atom is -0.465 e. The molecule has 0 atom stereocenters. The highest BCUT2D eigenvalue weighted by Crippen LogP contribution is 2.47.